The molecule has 0 spiro atoms. The average molecular weight is 1080 g/mol. The van der Waals surface area contributed by atoms with E-state index in [-0.39, 0.29) is 58.3 Å². The molecule has 0 radical (unpaired) electrons. The Bertz CT molecular complexity index is 3420. The first kappa shape index (κ1) is 51.5. The van der Waals surface area contributed by atoms with Gasteiger partial charge in [0.25, 0.3) is 0 Å². The third-order valence-electron chi connectivity index (χ3n) is 18.8. The predicted octanol–water partition coefficient (Wildman–Crippen LogP) is 8.97. The van der Waals surface area contributed by atoms with E-state index in [1.54, 1.807) is 18.2 Å². The summed E-state index contributed by atoms with van der Waals surface area (Å²) in [7, 11) is 1.92. The molecule has 4 atom stereocenters. The van der Waals surface area contributed by atoms with Gasteiger partial charge in [0.2, 0.25) is 11.8 Å². The van der Waals surface area contributed by atoms with E-state index in [9.17, 15) is 14.4 Å². The molecule has 3 amide bonds. The molecule has 7 aliphatic heterocycles. The number of hydrogen-bond acceptors (Lipinski definition) is 13. The number of ether oxygens (including phenoxy) is 3. The number of amides is 3. The van der Waals surface area contributed by atoms with Crippen LogP contribution in [0.3, 0.4) is 0 Å². The van der Waals surface area contributed by atoms with Crippen molar-refractivity contribution in [2.75, 3.05) is 75.5 Å². The third-order valence-corrected chi connectivity index (χ3v) is 18.8. The van der Waals surface area contributed by atoms with Crippen LogP contribution in [0.25, 0.3) is 43.8 Å². The highest BCUT2D eigenvalue weighted by Crippen LogP contribution is 2.45. The summed E-state index contributed by atoms with van der Waals surface area (Å²) in [6.45, 7) is 6.71. The number of anilines is 2. The van der Waals surface area contributed by atoms with Crippen LogP contribution in [-0.2, 0) is 32.5 Å². The zero-order valence-electron chi connectivity index (χ0n) is 45.0. The molecule has 10 heterocycles. The molecule has 6 fully saturated rings. The first-order valence-corrected chi connectivity index (χ1v) is 28.8. The molecule has 7 aliphatic rings. The number of piperidine rings is 3. The average Bonchev–Trinajstić information content (AvgIpc) is 4.07. The number of pyridine rings is 1. The smallest absolute Gasteiger partial charge is 0.409 e. The van der Waals surface area contributed by atoms with Gasteiger partial charge in [0.15, 0.2) is 5.82 Å². The normalized spacial score (nSPS) is 24.1. The van der Waals surface area contributed by atoms with E-state index in [0.717, 1.165) is 100 Å². The van der Waals surface area contributed by atoms with Crippen molar-refractivity contribution in [3.63, 3.8) is 0 Å². The number of rotatable bonds is 11. The van der Waals surface area contributed by atoms with Crippen LogP contribution < -0.4 is 19.9 Å². The van der Waals surface area contributed by atoms with Crippen molar-refractivity contribution in [3.8, 4) is 29.6 Å². The second-order valence-electron chi connectivity index (χ2n) is 23.3. The Morgan fingerprint density at radius 2 is 1.71 bits per heavy atom. The third kappa shape index (κ3) is 9.57. The minimum atomic E-state index is -0.638. The fourth-order valence-electron chi connectivity index (χ4n) is 14.5. The lowest BCUT2D eigenvalue weighted by Crippen LogP contribution is -2.48. The standard InChI is InChI=1S/C61H68F2N10O6/c1-3-43-47(62)16-11-39-7-4-8-45(51(39)43)55-53(63)56-52-48(64-55)17-13-41-34-77-32-6-26-72(41)57(52)67-59(66-56)79-36-61-24-5-27-73(61)42(19-25-61)35-78-60(76)71-30-22-38(23-31-71)10-9-37-20-28-70(29-21-37)40-12-14-44-49(33-40)69(2)68-54(44)46-15-18-50(74)65-58(46)75/h1,4,7-8,11-12,14,16,33,37-38,41-42,46H,5-6,9-10,13,15,17-32,34-36H2,2H3,(H,65,74,75)/t41-,42-,46?,61-/m0/s1. The minimum Gasteiger partial charge on any atom is -0.461 e. The molecule has 1 unspecified atom stereocenters. The number of fused-ring (bicyclic) bond motifs is 5. The second kappa shape index (κ2) is 21.3. The zero-order chi connectivity index (χ0) is 53.9. The number of carbonyl (C=O) groups is 3. The van der Waals surface area contributed by atoms with Crippen LogP contribution in [-0.4, -0.2) is 136 Å². The van der Waals surface area contributed by atoms with E-state index in [4.69, 9.17) is 40.7 Å². The maximum absolute atomic E-state index is 17.5. The van der Waals surface area contributed by atoms with Crippen LogP contribution in [0.1, 0.15) is 113 Å². The number of benzene rings is 3. The minimum absolute atomic E-state index is 0.00135. The van der Waals surface area contributed by atoms with Crippen LogP contribution in [0.5, 0.6) is 6.01 Å². The molecule has 6 saturated heterocycles. The van der Waals surface area contributed by atoms with Crippen molar-refractivity contribution >= 4 is 62.0 Å². The summed E-state index contributed by atoms with van der Waals surface area (Å²) in [4.78, 5) is 62.0. The van der Waals surface area contributed by atoms with Gasteiger partial charge in [0.05, 0.1) is 52.0 Å². The van der Waals surface area contributed by atoms with Crippen LogP contribution in [0.4, 0.5) is 25.1 Å². The summed E-state index contributed by atoms with van der Waals surface area (Å²) in [5.41, 5.74) is 3.90. The van der Waals surface area contributed by atoms with Gasteiger partial charge in [0.1, 0.15) is 36.1 Å². The molecule has 0 aliphatic carbocycles. The molecular weight excluding hydrogens is 1010 g/mol. The summed E-state index contributed by atoms with van der Waals surface area (Å²) in [6.07, 6.45) is 18.7. The van der Waals surface area contributed by atoms with Gasteiger partial charge in [-0.15, -0.1) is 6.42 Å². The van der Waals surface area contributed by atoms with Crippen LogP contribution in [0.15, 0.2) is 48.5 Å². The van der Waals surface area contributed by atoms with Gasteiger partial charge in [-0.3, -0.25) is 24.5 Å². The number of aryl methyl sites for hydroxylation is 2. The zero-order valence-corrected chi connectivity index (χ0v) is 45.0. The van der Waals surface area contributed by atoms with Gasteiger partial charge in [-0.25, -0.2) is 18.6 Å². The van der Waals surface area contributed by atoms with Crippen LogP contribution in [0, 0.1) is 35.8 Å². The number of terminal acetylenes is 1. The number of halogens is 2. The monoisotopic (exact) mass is 1070 g/mol. The topological polar surface area (TPSA) is 160 Å². The lowest BCUT2D eigenvalue weighted by Gasteiger charge is -2.36. The highest BCUT2D eigenvalue weighted by Gasteiger charge is 2.50. The molecule has 3 aromatic carbocycles. The Kier molecular flexibility index (Phi) is 13.8. The maximum Gasteiger partial charge on any atom is 0.409 e. The van der Waals surface area contributed by atoms with Crippen molar-refractivity contribution in [1.29, 1.82) is 0 Å². The number of nitrogens with zero attached hydrogens (tertiary/aromatic N) is 9. The van der Waals surface area contributed by atoms with Crippen LogP contribution in [0.2, 0.25) is 0 Å². The highest BCUT2D eigenvalue weighted by molar-refractivity contribution is 6.04. The van der Waals surface area contributed by atoms with E-state index in [1.165, 1.54) is 24.6 Å². The number of aromatic nitrogens is 5. The van der Waals surface area contributed by atoms with Crippen molar-refractivity contribution in [1.82, 2.24) is 39.8 Å². The van der Waals surface area contributed by atoms with E-state index in [2.05, 4.69) is 44.1 Å². The van der Waals surface area contributed by atoms with Gasteiger partial charge < -0.3 is 28.9 Å². The molecule has 1 N–H and O–H groups in total. The molecule has 3 aromatic heterocycles. The highest BCUT2D eigenvalue weighted by atomic mass is 19.1. The maximum atomic E-state index is 17.5. The lowest BCUT2D eigenvalue weighted by atomic mass is 9.85. The van der Waals surface area contributed by atoms with Gasteiger partial charge in [0, 0.05) is 80.9 Å². The van der Waals surface area contributed by atoms with E-state index in [0.29, 0.717) is 110 Å². The van der Waals surface area contributed by atoms with Crippen molar-refractivity contribution in [2.45, 2.75) is 120 Å². The van der Waals surface area contributed by atoms with Gasteiger partial charge >= 0.3 is 12.1 Å². The Morgan fingerprint density at radius 1 is 0.886 bits per heavy atom. The fraction of sp³-hybridized carbons (Fsp3) is 0.525. The summed E-state index contributed by atoms with van der Waals surface area (Å²) in [6, 6.07) is 14.9. The lowest BCUT2D eigenvalue weighted by molar-refractivity contribution is -0.134. The van der Waals surface area contributed by atoms with Crippen molar-refractivity contribution < 1.29 is 37.4 Å². The summed E-state index contributed by atoms with van der Waals surface area (Å²) < 4.78 is 53.3. The molecule has 13 rings (SSSR count). The number of nitrogens with one attached hydrogen (secondary N) is 1. The number of hydrogen-bond donors (Lipinski definition) is 1. The van der Waals surface area contributed by atoms with Crippen molar-refractivity contribution in [2.24, 2.45) is 18.9 Å². The molecule has 0 bridgehead atoms. The Labute approximate surface area is 458 Å². The summed E-state index contributed by atoms with van der Waals surface area (Å²) in [5, 5.41) is 9.84. The number of carbonyl (C=O) groups excluding carboxylic acids is 3. The summed E-state index contributed by atoms with van der Waals surface area (Å²) in [5.74, 6) is 2.26. The number of likely N-dealkylation sites (tertiary alicyclic amines) is 1. The first-order chi connectivity index (χ1) is 38.5. The number of imide groups is 1. The quantitative estimate of drug-likeness (QED) is 0.0969. The molecule has 16 nitrogen and oxygen atoms in total. The van der Waals surface area contributed by atoms with E-state index in [1.807, 2.05) is 22.7 Å². The fourth-order valence-corrected chi connectivity index (χ4v) is 14.5. The van der Waals surface area contributed by atoms with Gasteiger partial charge in [-0.1, -0.05) is 43.0 Å². The molecule has 18 heteroatoms. The van der Waals surface area contributed by atoms with Gasteiger partial charge in [-0.2, -0.15) is 15.1 Å². The Hall–Kier alpha value is -6.97. The molecule has 0 saturated carbocycles. The first-order valence-electron chi connectivity index (χ1n) is 28.8. The molecule has 6 aromatic rings. The molecular formula is C61H68F2N10O6. The SMILES string of the molecule is C#Cc1c(F)ccc2cccc(-c3nc4c5c(nc(OC[C@@]67CCCN6[C@H](COC(=O)N6CCC(CCC8CCN(c9ccc%10c(C%11CCC(=O)NC%11=O)nn(C)c%10c9)CC8)CC6)CC7)nc5c3F)N3CCCOC[C@@H]3CC4)c12. The molecule has 412 valence electrons. The second-order valence-corrected chi connectivity index (χ2v) is 23.3. The van der Waals surface area contributed by atoms with E-state index >= 15 is 8.78 Å². The predicted molar refractivity (Wildman–Crippen MR) is 296 cm³/mol. The van der Waals surface area contributed by atoms with Crippen LogP contribution >= 0.6 is 0 Å². The van der Waals surface area contributed by atoms with Crippen molar-refractivity contribution in [3.05, 3.63) is 77.1 Å². The summed E-state index contributed by atoms with van der Waals surface area (Å²) >= 11 is 0. The van der Waals surface area contributed by atoms with Gasteiger partial charge in [-0.05, 0) is 125 Å². The Morgan fingerprint density at radius 3 is 2.52 bits per heavy atom. The largest absolute Gasteiger partial charge is 0.461 e. The Balaban J connectivity index is 0.619. The molecule has 79 heavy (non-hydrogen) atoms. The van der Waals surface area contributed by atoms with E-state index < -0.39 is 17.6 Å².